The Bertz CT molecular complexity index is 7900. The summed E-state index contributed by atoms with van der Waals surface area (Å²) in [4.78, 5) is 90.4. The van der Waals surface area contributed by atoms with Gasteiger partial charge in [0.05, 0.1) is 113 Å². The topological polar surface area (TPSA) is 267 Å². The number of aromatic nitrogens is 7. The van der Waals surface area contributed by atoms with Crippen LogP contribution in [0.25, 0.3) is 110 Å². The SMILES string of the molecule is O=C1NC(=O)C(c2cn(CCOCCOCCNC3CCCc4ccccc43)c3ccccc23)=C1c1cn(CCNC2CCCc3ccccc32)c2ccccc12.O=C1NC(=O)C2=C1c1cn(c3ccccc13)CCOCCOCCN(Cc1cccc3ccccc13)CCn1cc2c2ccccc21.O=C1NC(=O)C2=C1c1cn(c3ccccc13)CCOCCOCCN(Cc1ccncc1)CCn1cc2c2ccccc21. The number of amides is 6. The van der Waals surface area contributed by atoms with Crippen LogP contribution in [-0.2, 0) is 122 Å². The molecule has 7 aliphatic rings. The van der Waals surface area contributed by atoms with Crippen molar-refractivity contribution in [2.75, 3.05) is 119 Å². The van der Waals surface area contributed by atoms with E-state index in [0.29, 0.717) is 158 Å². The number of nitrogens with one attached hydrogen (secondary N) is 5. The summed E-state index contributed by atoms with van der Waals surface area (Å²) >= 11 is 0. The lowest BCUT2D eigenvalue weighted by molar-refractivity contribution is -0.124. The fourth-order valence-electron chi connectivity index (χ4n) is 22.6. The Kier molecular flexibility index (Phi) is 29.6. The minimum absolute atomic E-state index is 0.331. The third-order valence-corrected chi connectivity index (χ3v) is 29.7. The maximum absolute atomic E-state index is 13.7. The van der Waals surface area contributed by atoms with Gasteiger partial charge in [-0.05, 0) is 131 Å². The van der Waals surface area contributed by atoms with E-state index < -0.39 is 0 Å². The van der Waals surface area contributed by atoms with E-state index in [1.807, 2.05) is 177 Å². The molecule has 6 amide bonds. The summed E-state index contributed by atoms with van der Waals surface area (Å²) in [5, 5.41) is 23.4. The summed E-state index contributed by atoms with van der Waals surface area (Å²) in [6.45, 7) is 16.5. The van der Waals surface area contributed by atoms with E-state index in [4.69, 9.17) is 28.4 Å². The van der Waals surface area contributed by atoms with Crippen LogP contribution in [0.1, 0.15) is 105 Å². The lowest BCUT2D eigenvalue weighted by Crippen LogP contribution is -2.31. The van der Waals surface area contributed by atoms with Crippen molar-refractivity contribution in [3.63, 3.8) is 0 Å². The predicted octanol–water partition coefficient (Wildman–Crippen LogP) is 17.5. The number of carbonyl (C=O) groups is 6. The number of hydrogen-bond donors (Lipinski definition) is 5. The fourth-order valence-corrected chi connectivity index (χ4v) is 22.6. The summed E-state index contributed by atoms with van der Waals surface area (Å²) in [7, 11) is 0. The first-order chi connectivity index (χ1) is 72.5. The summed E-state index contributed by atoms with van der Waals surface area (Å²) in [6.07, 6.45) is 22.7. The Morgan fingerprint density at radius 2 is 0.653 bits per heavy atom. The molecule has 26 heteroatoms. The van der Waals surface area contributed by atoms with Crippen LogP contribution in [-0.4, -0.2) is 196 Å². The molecular formula is C121H120N14O12. The monoisotopic (exact) mass is 1960 g/mol. The molecule has 17 aromatic rings. The minimum atomic E-state index is -0.373. The zero-order valence-corrected chi connectivity index (χ0v) is 82.5. The smallest absolute Gasteiger partial charge is 0.259 e. The molecule has 0 saturated carbocycles. The maximum Gasteiger partial charge on any atom is 0.259 e. The molecule has 0 spiro atoms. The van der Waals surface area contributed by atoms with Gasteiger partial charge in [-0.3, -0.25) is 59.5 Å². The normalized spacial score (nSPS) is 17.6. The molecule has 5 N–H and O–H groups in total. The van der Waals surface area contributed by atoms with Crippen LogP contribution in [0, 0.1) is 0 Å². The number of rotatable bonds is 20. The second-order valence-corrected chi connectivity index (χ2v) is 38.5. The molecule has 8 bridgehead atoms. The van der Waals surface area contributed by atoms with Crippen molar-refractivity contribution in [3.8, 4) is 0 Å². The van der Waals surface area contributed by atoms with Gasteiger partial charge in [0, 0.05) is 252 Å². The highest BCUT2D eigenvalue weighted by molar-refractivity contribution is 6.53. The predicted molar refractivity (Wildman–Crippen MR) is 575 cm³/mol. The van der Waals surface area contributed by atoms with Crippen molar-refractivity contribution >= 4 is 145 Å². The zero-order chi connectivity index (χ0) is 99.5. The van der Waals surface area contributed by atoms with Gasteiger partial charge in [-0.25, -0.2) is 0 Å². The Labute approximate surface area is 852 Å². The number of benzene rings is 10. The molecule has 746 valence electrons. The van der Waals surface area contributed by atoms with Crippen LogP contribution >= 0.6 is 0 Å². The Hall–Kier alpha value is -14.9. The molecule has 26 nitrogen and oxygen atoms in total. The molecule has 7 aromatic heterocycles. The molecule has 24 rings (SSSR count). The van der Waals surface area contributed by atoms with Gasteiger partial charge in [-0.1, -0.05) is 200 Å². The van der Waals surface area contributed by atoms with E-state index in [1.165, 1.54) is 57.0 Å². The number of imide groups is 3. The van der Waals surface area contributed by atoms with Gasteiger partial charge in [-0.15, -0.1) is 0 Å². The summed E-state index contributed by atoms with van der Waals surface area (Å²) < 4.78 is 48.7. The number of aryl methyl sites for hydroxylation is 2. The number of para-hydroxylation sites is 6. The highest BCUT2D eigenvalue weighted by Gasteiger charge is 2.40. The highest BCUT2D eigenvalue weighted by atomic mass is 16.5. The quantitative estimate of drug-likeness (QED) is 0.0351. The number of ether oxygens (including phenoxy) is 6. The van der Waals surface area contributed by atoms with Gasteiger partial charge >= 0.3 is 0 Å². The van der Waals surface area contributed by atoms with Crippen molar-refractivity contribution < 1.29 is 57.2 Å². The molecule has 0 saturated heterocycles. The average Bonchev–Trinajstić information content (AvgIpc) is 1.59. The van der Waals surface area contributed by atoms with Gasteiger partial charge in [0.1, 0.15) is 0 Å². The van der Waals surface area contributed by atoms with Crippen LogP contribution in [0.3, 0.4) is 0 Å². The Morgan fingerprint density at radius 1 is 0.306 bits per heavy atom. The first-order valence-electron chi connectivity index (χ1n) is 51.6. The molecule has 2 unspecified atom stereocenters. The number of fused-ring (bicyclic) bond motifs is 29. The van der Waals surface area contributed by atoms with Crippen LogP contribution in [0.2, 0.25) is 0 Å². The van der Waals surface area contributed by atoms with Gasteiger partial charge in [-0.2, -0.15) is 0 Å². The average molecular weight is 1960 g/mol. The highest BCUT2D eigenvalue weighted by Crippen LogP contribution is 2.45. The molecule has 12 heterocycles. The lowest BCUT2D eigenvalue weighted by atomic mass is 9.88. The van der Waals surface area contributed by atoms with Crippen LogP contribution in [0.5, 0.6) is 0 Å². The zero-order valence-electron chi connectivity index (χ0n) is 82.5. The molecule has 10 aromatic carbocycles. The van der Waals surface area contributed by atoms with Crippen molar-refractivity contribution in [1.82, 2.24) is 68.8 Å². The summed E-state index contributed by atoms with van der Waals surface area (Å²) in [6, 6.07) is 85.7. The van der Waals surface area contributed by atoms with Crippen molar-refractivity contribution in [2.45, 2.75) is 103 Å². The molecule has 147 heavy (non-hydrogen) atoms. The maximum atomic E-state index is 13.7. The number of pyridine rings is 1. The molecule has 2 aliphatic carbocycles. The third-order valence-electron chi connectivity index (χ3n) is 29.7. The van der Waals surface area contributed by atoms with Gasteiger partial charge < -0.3 is 66.5 Å². The largest absolute Gasteiger partial charge is 0.378 e. The molecular weight excluding hydrogens is 1840 g/mol. The fraction of sp³-hybridized carbons (Fsp3) is 0.281. The standard InChI is InChI=1S/C48H51N5O4.C39H36N4O4.C34H33N5O4/c54-47-45(39-31-52(43-21-7-5-17-37(39)43)25-23-49-41-19-9-13-33-11-1-3-15-35(33)41)46(48(55)51-47)40-32-53(44-22-8-6-18-38(40)44)26-28-57-30-29-56-27-24-50-42-20-10-14-34-12-2-4-16-36(34)42;44-38-36-32-25-42(34-14-5-3-12-30(32)34)17-16-41(24-28-10-7-9-27-8-1-2-11-29(27)28)18-20-46-22-23-47-21-19-43-26-33(37(36)39(45)40-38)31-13-4-6-15-35(31)43;40-33-31-27-22-38(29-7-3-1-5-25(27)29)14-13-37(21-24-9-11-35-12-10-24)15-17-42-19-20-43-18-16-39-23-28(32(31)34(41)36-33)26-6-2-4-8-30(26)39/h1-8,11-12,15-18,21-22,31-32,41-42,49-50H,9-10,13-14,19-20,23-30H2,(H,51,54,55);1-15,25-26H,16-24H2,(H,40,44,45);1-12,22-23H,13-21H2,(H,36,40,41). The molecule has 0 fully saturated rings. The van der Waals surface area contributed by atoms with E-state index in [9.17, 15) is 28.8 Å². The van der Waals surface area contributed by atoms with E-state index in [2.05, 4.69) is 190 Å². The first kappa shape index (κ1) is 96.9. The molecule has 0 radical (unpaired) electrons. The van der Waals surface area contributed by atoms with E-state index in [-0.39, 0.29) is 35.4 Å². The van der Waals surface area contributed by atoms with Crippen LogP contribution in [0.4, 0.5) is 0 Å². The minimum Gasteiger partial charge on any atom is -0.378 e. The van der Waals surface area contributed by atoms with Crippen LogP contribution < -0.4 is 26.6 Å². The number of hydrogen-bond acceptors (Lipinski definition) is 17. The van der Waals surface area contributed by atoms with Crippen LogP contribution in [0.15, 0.2) is 298 Å². The van der Waals surface area contributed by atoms with Gasteiger partial charge in [0.25, 0.3) is 35.4 Å². The first-order valence-corrected chi connectivity index (χ1v) is 51.6. The molecule has 2 atom stereocenters. The Morgan fingerprint density at radius 3 is 1.10 bits per heavy atom. The van der Waals surface area contributed by atoms with Gasteiger partial charge in [0.15, 0.2) is 0 Å². The second kappa shape index (κ2) is 45.0. The van der Waals surface area contributed by atoms with E-state index in [1.54, 1.807) is 0 Å². The number of nitrogens with zero attached hydrogens (tertiary/aromatic N) is 9. The summed E-state index contributed by atoms with van der Waals surface area (Å²) in [5.74, 6) is -2.22. The van der Waals surface area contributed by atoms with Crippen molar-refractivity contribution in [3.05, 3.63) is 365 Å². The van der Waals surface area contributed by atoms with Crippen molar-refractivity contribution in [2.24, 2.45) is 0 Å². The Balaban J connectivity index is 0.000000127. The number of carbonyl (C=O) groups excluding carboxylic acids is 6. The second-order valence-electron chi connectivity index (χ2n) is 38.5. The lowest BCUT2D eigenvalue weighted by Gasteiger charge is -2.26. The molecule has 5 aliphatic heterocycles. The summed E-state index contributed by atoms with van der Waals surface area (Å²) in [5.41, 5.74) is 21.2. The third kappa shape index (κ3) is 20.8. The van der Waals surface area contributed by atoms with E-state index >= 15 is 0 Å². The van der Waals surface area contributed by atoms with Gasteiger partial charge in [0.2, 0.25) is 0 Å². The van der Waals surface area contributed by atoms with Crippen molar-refractivity contribution in [1.29, 1.82) is 0 Å². The van der Waals surface area contributed by atoms with E-state index in [0.717, 1.165) is 183 Å².